The Morgan fingerprint density at radius 3 is 1.75 bits per heavy atom. The van der Waals surface area contributed by atoms with Crippen molar-refractivity contribution in [1.82, 2.24) is 0 Å². The molecular formula is C15H31S. The Kier molecular flexibility index (Phi) is 15.7. The van der Waals surface area contributed by atoms with Crippen LogP contribution in [-0.2, 0) is 0 Å². The van der Waals surface area contributed by atoms with Crippen molar-refractivity contribution >= 4 is 11.8 Å². The van der Waals surface area contributed by atoms with Gasteiger partial charge in [0.05, 0.1) is 0 Å². The largest absolute Gasteiger partial charge is 0.162 e. The topological polar surface area (TPSA) is 0 Å². The molecule has 0 saturated heterocycles. The van der Waals surface area contributed by atoms with Gasteiger partial charge < -0.3 is 0 Å². The fourth-order valence-electron chi connectivity index (χ4n) is 1.82. The van der Waals surface area contributed by atoms with Crippen LogP contribution in [-0.4, -0.2) is 11.5 Å². The summed E-state index contributed by atoms with van der Waals surface area (Å²) in [6.07, 6.45) is 15.3. The number of hydrogen-bond donors (Lipinski definition) is 0. The predicted molar refractivity (Wildman–Crippen MR) is 79.1 cm³/mol. The van der Waals surface area contributed by atoms with Crippen LogP contribution in [0.4, 0.5) is 0 Å². The van der Waals surface area contributed by atoms with Gasteiger partial charge in [-0.1, -0.05) is 71.6 Å². The van der Waals surface area contributed by atoms with Gasteiger partial charge >= 0.3 is 0 Å². The van der Waals surface area contributed by atoms with E-state index in [9.17, 15) is 0 Å². The van der Waals surface area contributed by atoms with Crippen molar-refractivity contribution in [3.05, 3.63) is 6.92 Å². The first kappa shape index (κ1) is 16.4. The average molecular weight is 243 g/mol. The van der Waals surface area contributed by atoms with Gasteiger partial charge in [-0.15, -0.1) is 0 Å². The fraction of sp³-hybridized carbons (Fsp3) is 0.933. The van der Waals surface area contributed by atoms with Gasteiger partial charge in [-0.3, -0.25) is 0 Å². The molecule has 0 aliphatic carbocycles. The van der Waals surface area contributed by atoms with E-state index < -0.39 is 0 Å². The Morgan fingerprint density at radius 2 is 1.19 bits per heavy atom. The van der Waals surface area contributed by atoms with Gasteiger partial charge in [0.25, 0.3) is 0 Å². The molecule has 0 saturated carbocycles. The predicted octanol–water partition coefficient (Wildman–Crippen LogP) is 5.86. The second kappa shape index (κ2) is 15.4. The first-order valence-corrected chi connectivity index (χ1v) is 8.44. The number of unbranched alkanes of at least 4 members (excludes halogenated alkanes) is 9. The Balaban J connectivity index is 2.83. The third-order valence-corrected chi connectivity index (χ3v) is 4.09. The van der Waals surface area contributed by atoms with Crippen LogP contribution in [0.15, 0.2) is 0 Å². The normalized spacial score (nSPS) is 10.9. The molecule has 0 fully saturated rings. The van der Waals surface area contributed by atoms with Gasteiger partial charge in [0.15, 0.2) is 0 Å². The SMILES string of the molecule is [CH2]CCCCSCCCCCCCCCC. The molecule has 0 aliphatic rings. The van der Waals surface area contributed by atoms with Crippen LogP contribution >= 0.6 is 11.8 Å². The molecule has 0 rings (SSSR count). The van der Waals surface area contributed by atoms with Crippen molar-refractivity contribution in [3.8, 4) is 0 Å². The van der Waals surface area contributed by atoms with E-state index in [0.717, 1.165) is 6.42 Å². The number of thioether (sulfide) groups is 1. The van der Waals surface area contributed by atoms with Gasteiger partial charge in [-0.05, 0) is 24.3 Å². The van der Waals surface area contributed by atoms with Gasteiger partial charge in [0.1, 0.15) is 0 Å². The highest BCUT2D eigenvalue weighted by Gasteiger charge is 1.92. The summed E-state index contributed by atoms with van der Waals surface area (Å²) in [5.41, 5.74) is 0. The summed E-state index contributed by atoms with van der Waals surface area (Å²) in [5.74, 6) is 2.73. The van der Waals surface area contributed by atoms with E-state index in [0.29, 0.717) is 0 Å². The van der Waals surface area contributed by atoms with Gasteiger partial charge in [-0.25, -0.2) is 0 Å². The summed E-state index contributed by atoms with van der Waals surface area (Å²) in [7, 11) is 0. The fourth-order valence-corrected chi connectivity index (χ4v) is 2.84. The molecule has 0 atom stereocenters. The minimum absolute atomic E-state index is 1.11. The zero-order valence-corrected chi connectivity index (χ0v) is 12.1. The first-order chi connectivity index (χ1) is 7.91. The zero-order chi connectivity index (χ0) is 11.9. The molecular weight excluding hydrogens is 212 g/mol. The molecule has 0 aromatic heterocycles. The van der Waals surface area contributed by atoms with E-state index in [1.807, 2.05) is 0 Å². The Hall–Kier alpha value is 0.350. The summed E-state index contributed by atoms with van der Waals surface area (Å²) < 4.78 is 0. The van der Waals surface area contributed by atoms with Crippen LogP contribution in [0.1, 0.15) is 77.6 Å². The average Bonchev–Trinajstić information content (AvgIpc) is 2.31. The van der Waals surface area contributed by atoms with E-state index in [1.54, 1.807) is 0 Å². The summed E-state index contributed by atoms with van der Waals surface area (Å²) >= 11 is 2.14. The van der Waals surface area contributed by atoms with E-state index in [1.165, 1.54) is 75.7 Å². The molecule has 0 spiro atoms. The summed E-state index contributed by atoms with van der Waals surface area (Å²) in [4.78, 5) is 0. The quantitative estimate of drug-likeness (QED) is 0.365. The molecule has 0 aliphatic heterocycles. The first-order valence-electron chi connectivity index (χ1n) is 7.28. The van der Waals surface area contributed by atoms with Crippen molar-refractivity contribution in [2.75, 3.05) is 11.5 Å². The summed E-state index contributed by atoms with van der Waals surface area (Å²) in [5, 5.41) is 0. The standard InChI is InChI=1S/C15H31S/c1-3-5-7-8-9-10-11-13-15-16-14-12-6-4-2/h2-15H2,1H3. The third-order valence-electron chi connectivity index (χ3n) is 2.93. The van der Waals surface area contributed by atoms with Gasteiger partial charge in [0, 0.05) is 0 Å². The molecule has 1 radical (unpaired) electrons. The maximum Gasteiger partial charge on any atom is -0.00675 e. The zero-order valence-electron chi connectivity index (χ0n) is 11.3. The van der Waals surface area contributed by atoms with Crippen molar-refractivity contribution < 1.29 is 0 Å². The van der Waals surface area contributed by atoms with Crippen LogP contribution < -0.4 is 0 Å². The Bertz CT molecular complexity index is 98.0. The highest BCUT2D eigenvalue weighted by atomic mass is 32.2. The van der Waals surface area contributed by atoms with Crippen LogP contribution in [0.3, 0.4) is 0 Å². The minimum Gasteiger partial charge on any atom is -0.162 e. The van der Waals surface area contributed by atoms with Crippen LogP contribution in [0.5, 0.6) is 0 Å². The lowest BCUT2D eigenvalue weighted by molar-refractivity contribution is 0.586. The van der Waals surface area contributed by atoms with Crippen molar-refractivity contribution in [1.29, 1.82) is 0 Å². The monoisotopic (exact) mass is 243 g/mol. The molecule has 0 amide bonds. The second-order valence-corrected chi connectivity index (χ2v) is 5.87. The summed E-state index contributed by atoms with van der Waals surface area (Å²) in [6.45, 7) is 6.15. The maximum absolute atomic E-state index is 3.87. The number of hydrogen-bond acceptors (Lipinski definition) is 1. The molecule has 0 unspecified atom stereocenters. The van der Waals surface area contributed by atoms with Gasteiger partial charge in [0.2, 0.25) is 0 Å². The molecule has 0 bridgehead atoms. The molecule has 0 aromatic rings. The van der Waals surface area contributed by atoms with Gasteiger partial charge in [-0.2, -0.15) is 11.8 Å². The Morgan fingerprint density at radius 1 is 0.688 bits per heavy atom. The molecule has 0 nitrogen and oxygen atoms in total. The minimum atomic E-state index is 1.11. The lowest BCUT2D eigenvalue weighted by Crippen LogP contribution is -1.86. The molecule has 97 valence electrons. The van der Waals surface area contributed by atoms with Crippen LogP contribution in [0, 0.1) is 6.92 Å². The smallest absolute Gasteiger partial charge is 0.00675 e. The highest BCUT2D eigenvalue weighted by molar-refractivity contribution is 7.99. The molecule has 1 heteroatoms. The lowest BCUT2D eigenvalue weighted by atomic mass is 10.1. The van der Waals surface area contributed by atoms with Crippen molar-refractivity contribution in [2.24, 2.45) is 0 Å². The molecule has 0 N–H and O–H groups in total. The third kappa shape index (κ3) is 14.4. The highest BCUT2D eigenvalue weighted by Crippen LogP contribution is 2.12. The van der Waals surface area contributed by atoms with Crippen molar-refractivity contribution in [3.63, 3.8) is 0 Å². The summed E-state index contributed by atoms with van der Waals surface area (Å²) in [6, 6.07) is 0. The molecule has 0 aromatic carbocycles. The molecule has 16 heavy (non-hydrogen) atoms. The van der Waals surface area contributed by atoms with E-state index in [4.69, 9.17) is 0 Å². The van der Waals surface area contributed by atoms with E-state index in [2.05, 4.69) is 25.6 Å². The Labute approximate surface area is 108 Å². The van der Waals surface area contributed by atoms with Crippen LogP contribution in [0.25, 0.3) is 0 Å². The van der Waals surface area contributed by atoms with Crippen LogP contribution in [0.2, 0.25) is 0 Å². The van der Waals surface area contributed by atoms with Crippen molar-refractivity contribution in [2.45, 2.75) is 77.6 Å². The lowest BCUT2D eigenvalue weighted by Gasteiger charge is -2.02. The molecule has 0 heterocycles. The number of rotatable bonds is 13. The maximum atomic E-state index is 3.87. The second-order valence-electron chi connectivity index (χ2n) is 4.65. The van der Waals surface area contributed by atoms with E-state index >= 15 is 0 Å². The van der Waals surface area contributed by atoms with E-state index in [-0.39, 0.29) is 0 Å².